The van der Waals surface area contributed by atoms with Crippen LogP contribution < -0.4 is 5.69 Å². The molecule has 0 bridgehead atoms. The van der Waals surface area contributed by atoms with Gasteiger partial charge in [0, 0.05) is 23.8 Å². The molecule has 0 atom stereocenters. The first-order valence-corrected chi connectivity index (χ1v) is 8.04. The van der Waals surface area contributed by atoms with Crippen LogP contribution in [0.1, 0.15) is 24.6 Å². The van der Waals surface area contributed by atoms with Gasteiger partial charge in [-0.05, 0) is 30.7 Å². The van der Waals surface area contributed by atoms with Crippen LogP contribution in [0.15, 0.2) is 46.3 Å². The summed E-state index contributed by atoms with van der Waals surface area (Å²) >= 11 is 5.71. The van der Waals surface area contributed by atoms with Crippen molar-refractivity contribution in [2.24, 2.45) is 0 Å². The summed E-state index contributed by atoms with van der Waals surface area (Å²) in [6.45, 7) is 1.80. The van der Waals surface area contributed by atoms with Crippen LogP contribution in [0, 0.1) is 0 Å². The van der Waals surface area contributed by atoms with Gasteiger partial charge in [-0.1, -0.05) is 18.5 Å². The lowest BCUT2D eigenvalue weighted by Crippen LogP contribution is -2.32. The molecule has 0 unspecified atom stereocenters. The van der Waals surface area contributed by atoms with Gasteiger partial charge in [0.2, 0.25) is 5.91 Å². The summed E-state index contributed by atoms with van der Waals surface area (Å²) in [6.07, 6.45) is 2.97. The molecule has 21 heavy (non-hydrogen) atoms. The molecule has 6 nitrogen and oxygen atoms in total. The SMILES string of the molecule is CCCC(=O)n1ccn(S(=O)(=O)c2ccc(Cl)cc2)c1=O. The second-order valence-electron chi connectivity index (χ2n) is 4.35. The zero-order chi connectivity index (χ0) is 15.6. The van der Waals surface area contributed by atoms with Crippen LogP contribution in [0.3, 0.4) is 0 Å². The summed E-state index contributed by atoms with van der Waals surface area (Å²) in [5.74, 6) is -0.437. The van der Waals surface area contributed by atoms with E-state index in [1.807, 2.05) is 0 Å². The van der Waals surface area contributed by atoms with E-state index in [4.69, 9.17) is 11.6 Å². The van der Waals surface area contributed by atoms with Gasteiger partial charge in [0.1, 0.15) is 0 Å². The highest BCUT2D eigenvalue weighted by molar-refractivity contribution is 7.90. The first kappa shape index (κ1) is 15.5. The lowest BCUT2D eigenvalue weighted by Gasteiger charge is -2.04. The lowest BCUT2D eigenvalue weighted by atomic mass is 10.3. The number of aromatic nitrogens is 2. The van der Waals surface area contributed by atoms with Gasteiger partial charge in [0.15, 0.2) is 0 Å². The molecule has 1 aromatic heterocycles. The van der Waals surface area contributed by atoms with Crippen molar-refractivity contribution in [2.75, 3.05) is 0 Å². The zero-order valence-corrected chi connectivity index (χ0v) is 12.8. The Kier molecular flexibility index (Phi) is 4.34. The van der Waals surface area contributed by atoms with E-state index in [9.17, 15) is 18.0 Å². The Morgan fingerprint density at radius 1 is 1.19 bits per heavy atom. The Hall–Kier alpha value is -1.86. The van der Waals surface area contributed by atoms with E-state index >= 15 is 0 Å². The average molecular weight is 329 g/mol. The normalized spacial score (nSPS) is 11.5. The Labute approximate surface area is 126 Å². The average Bonchev–Trinajstić information content (AvgIpc) is 2.82. The molecule has 0 aliphatic carbocycles. The van der Waals surface area contributed by atoms with Crippen molar-refractivity contribution in [3.05, 3.63) is 52.2 Å². The van der Waals surface area contributed by atoms with Crippen molar-refractivity contribution in [3.63, 3.8) is 0 Å². The van der Waals surface area contributed by atoms with Crippen LogP contribution in [-0.2, 0) is 10.0 Å². The number of imidazole rings is 1. The van der Waals surface area contributed by atoms with E-state index in [-0.39, 0.29) is 11.3 Å². The summed E-state index contributed by atoms with van der Waals surface area (Å²) in [5.41, 5.74) is -0.900. The molecule has 0 saturated carbocycles. The smallest absolute Gasteiger partial charge is 0.274 e. The van der Waals surface area contributed by atoms with Crippen molar-refractivity contribution in [1.29, 1.82) is 0 Å². The molecule has 2 aromatic rings. The van der Waals surface area contributed by atoms with E-state index in [0.717, 1.165) is 17.0 Å². The van der Waals surface area contributed by atoms with Gasteiger partial charge in [0.25, 0.3) is 10.0 Å². The van der Waals surface area contributed by atoms with Crippen LogP contribution >= 0.6 is 11.6 Å². The third-order valence-electron chi connectivity index (χ3n) is 2.85. The van der Waals surface area contributed by atoms with Crippen molar-refractivity contribution in [3.8, 4) is 0 Å². The molecule has 2 rings (SSSR count). The summed E-state index contributed by atoms with van der Waals surface area (Å²) in [6, 6.07) is 5.43. The van der Waals surface area contributed by atoms with Crippen molar-refractivity contribution in [1.82, 2.24) is 8.54 Å². The van der Waals surface area contributed by atoms with Crippen LogP contribution in [0.4, 0.5) is 0 Å². The molecule has 112 valence electrons. The molecular weight excluding hydrogens is 316 g/mol. The quantitative estimate of drug-likeness (QED) is 0.859. The standard InChI is InChI=1S/C13H13ClN2O4S/c1-2-3-12(17)15-8-9-16(13(15)18)21(19,20)11-6-4-10(14)5-7-11/h4-9H,2-3H2,1H3. The maximum absolute atomic E-state index is 12.4. The summed E-state index contributed by atoms with van der Waals surface area (Å²) in [7, 11) is -4.04. The fourth-order valence-electron chi connectivity index (χ4n) is 1.79. The first-order chi connectivity index (χ1) is 9.87. The van der Waals surface area contributed by atoms with Crippen LogP contribution in [0.2, 0.25) is 5.02 Å². The van der Waals surface area contributed by atoms with Crippen molar-refractivity contribution < 1.29 is 13.2 Å². The van der Waals surface area contributed by atoms with E-state index < -0.39 is 21.6 Å². The Morgan fingerprint density at radius 3 is 2.38 bits per heavy atom. The molecule has 0 amide bonds. The minimum atomic E-state index is -4.04. The molecule has 8 heteroatoms. The second-order valence-corrected chi connectivity index (χ2v) is 6.60. The summed E-state index contributed by atoms with van der Waals surface area (Å²) < 4.78 is 26.1. The van der Waals surface area contributed by atoms with E-state index in [2.05, 4.69) is 0 Å². The van der Waals surface area contributed by atoms with Gasteiger partial charge in [-0.25, -0.2) is 17.8 Å². The number of carbonyl (C=O) groups is 1. The van der Waals surface area contributed by atoms with Gasteiger partial charge in [-0.3, -0.25) is 4.79 Å². The molecule has 0 radical (unpaired) electrons. The minimum absolute atomic E-state index is 0.0744. The Balaban J connectivity index is 2.49. The number of carbonyl (C=O) groups excluding carboxylic acids is 1. The molecular formula is C13H13ClN2O4S. The topological polar surface area (TPSA) is 78.1 Å². The van der Waals surface area contributed by atoms with Gasteiger partial charge < -0.3 is 0 Å². The number of hydrogen-bond acceptors (Lipinski definition) is 4. The van der Waals surface area contributed by atoms with Crippen molar-refractivity contribution >= 4 is 27.5 Å². The largest absolute Gasteiger partial charge is 0.349 e. The molecule has 0 fully saturated rings. The van der Waals surface area contributed by atoms with Gasteiger partial charge in [0.05, 0.1) is 4.90 Å². The predicted octanol–water partition coefficient (Wildman–Crippen LogP) is 1.98. The fourth-order valence-corrected chi connectivity index (χ4v) is 3.13. The monoisotopic (exact) mass is 328 g/mol. The maximum atomic E-state index is 12.4. The molecule has 0 N–H and O–H groups in total. The lowest BCUT2D eigenvalue weighted by molar-refractivity contribution is 0.0897. The summed E-state index contributed by atoms with van der Waals surface area (Å²) in [4.78, 5) is 23.7. The third-order valence-corrected chi connectivity index (χ3v) is 4.76. The number of hydrogen-bond donors (Lipinski definition) is 0. The Bertz CT molecular complexity index is 819. The highest BCUT2D eigenvalue weighted by atomic mass is 35.5. The van der Waals surface area contributed by atoms with Gasteiger partial charge in [-0.2, -0.15) is 3.97 Å². The highest BCUT2D eigenvalue weighted by Gasteiger charge is 2.21. The van der Waals surface area contributed by atoms with E-state index in [1.54, 1.807) is 6.92 Å². The van der Waals surface area contributed by atoms with Crippen molar-refractivity contribution in [2.45, 2.75) is 24.7 Å². The first-order valence-electron chi connectivity index (χ1n) is 6.22. The predicted molar refractivity (Wildman–Crippen MR) is 78.3 cm³/mol. The molecule has 1 aromatic carbocycles. The highest BCUT2D eigenvalue weighted by Crippen LogP contribution is 2.15. The van der Waals surface area contributed by atoms with E-state index in [1.165, 1.54) is 24.3 Å². The van der Waals surface area contributed by atoms with Crippen LogP contribution in [0.25, 0.3) is 0 Å². The summed E-state index contributed by atoms with van der Waals surface area (Å²) in [5, 5.41) is 0.386. The molecule has 0 aliphatic heterocycles. The molecule has 0 saturated heterocycles. The third kappa shape index (κ3) is 2.93. The van der Waals surface area contributed by atoms with Crippen LogP contribution in [0.5, 0.6) is 0 Å². The zero-order valence-electron chi connectivity index (χ0n) is 11.2. The fraction of sp³-hybridized carbons (Fsp3) is 0.231. The Morgan fingerprint density at radius 2 is 1.81 bits per heavy atom. The van der Waals surface area contributed by atoms with E-state index in [0.29, 0.717) is 15.4 Å². The van der Waals surface area contributed by atoms with Gasteiger partial charge in [-0.15, -0.1) is 0 Å². The number of benzene rings is 1. The maximum Gasteiger partial charge on any atom is 0.349 e. The number of halogens is 1. The molecule has 1 heterocycles. The molecule has 0 aliphatic rings. The van der Waals surface area contributed by atoms with Crippen LogP contribution in [-0.4, -0.2) is 22.9 Å². The number of rotatable bonds is 4. The molecule has 0 spiro atoms. The second kappa shape index (κ2) is 5.87. The minimum Gasteiger partial charge on any atom is -0.274 e. The number of nitrogens with zero attached hydrogens (tertiary/aromatic N) is 2. The van der Waals surface area contributed by atoms with Gasteiger partial charge >= 0.3 is 5.69 Å².